The Bertz CT molecular complexity index is 1140. The van der Waals surface area contributed by atoms with Crippen molar-refractivity contribution in [3.05, 3.63) is 87.9 Å². The minimum absolute atomic E-state index is 0.220. The molecule has 0 saturated carbocycles. The van der Waals surface area contributed by atoms with Gasteiger partial charge in [-0.3, -0.25) is 14.4 Å². The summed E-state index contributed by atoms with van der Waals surface area (Å²) >= 11 is 11.9. The number of benzene rings is 3. The molecule has 0 bridgehead atoms. The van der Waals surface area contributed by atoms with Gasteiger partial charge >= 0.3 is 0 Å². The van der Waals surface area contributed by atoms with Gasteiger partial charge in [0.05, 0.1) is 24.3 Å². The Labute approximate surface area is 195 Å². The summed E-state index contributed by atoms with van der Waals surface area (Å²) in [6.07, 6.45) is 0. The van der Waals surface area contributed by atoms with Crippen LogP contribution in [-0.2, 0) is 9.59 Å². The van der Waals surface area contributed by atoms with E-state index in [1.165, 1.54) is 32.4 Å². The summed E-state index contributed by atoms with van der Waals surface area (Å²) in [5.74, 6) is -2.62. The summed E-state index contributed by atoms with van der Waals surface area (Å²) in [6, 6.07) is 17.1. The van der Waals surface area contributed by atoms with E-state index >= 15 is 0 Å². The SMILES string of the molecule is COc1ccc(C(=O)[C@@H](C(=O)C(=O)Nc2ccc(Cl)c(Cl)c2)c2ccc(OC)cc2)cc1. The Morgan fingerprint density at radius 2 is 1.34 bits per heavy atom. The Kier molecular flexibility index (Phi) is 7.51. The molecule has 3 aromatic rings. The van der Waals surface area contributed by atoms with Gasteiger partial charge in [0.15, 0.2) is 5.78 Å². The van der Waals surface area contributed by atoms with Gasteiger partial charge < -0.3 is 14.8 Å². The fourth-order valence-electron chi connectivity index (χ4n) is 3.04. The van der Waals surface area contributed by atoms with Gasteiger partial charge in [-0.1, -0.05) is 35.3 Å². The second kappa shape index (κ2) is 10.3. The molecule has 0 radical (unpaired) electrons. The molecule has 1 atom stereocenters. The predicted octanol–water partition coefficient (Wildman–Crippen LogP) is 5.18. The van der Waals surface area contributed by atoms with Crippen molar-refractivity contribution in [2.45, 2.75) is 5.92 Å². The molecule has 0 saturated heterocycles. The molecule has 0 heterocycles. The van der Waals surface area contributed by atoms with E-state index in [1.54, 1.807) is 48.5 Å². The maximum atomic E-state index is 13.3. The van der Waals surface area contributed by atoms with E-state index in [-0.39, 0.29) is 16.3 Å². The fraction of sp³-hybridized carbons (Fsp3) is 0.125. The number of amides is 1. The molecule has 3 aromatic carbocycles. The van der Waals surface area contributed by atoms with Crippen molar-refractivity contribution in [3.63, 3.8) is 0 Å². The van der Waals surface area contributed by atoms with Crippen LogP contribution < -0.4 is 14.8 Å². The molecule has 0 aromatic heterocycles. The zero-order valence-electron chi connectivity index (χ0n) is 17.2. The molecule has 3 rings (SSSR count). The van der Waals surface area contributed by atoms with Crippen LogP contribution in [-0.4, -0.2) is 31.7 Å². The number of halogens is 2. The minimum Gasteiger partial charge on any atom is -0.497 e. The fourth-order valence-corrected chi connectivity index (χ4v) is 3.34. The van der Waals surface area contributed by atoms with Crippen LogP contribution in [0.1, 0.15) is 21.8 Å². The minimum atomic E-state index is -1.35. The summed E-state index contributed by atoms with van der Waals surface area (Å²) in [7, 11) is 3.01. The smallest absolute Gasteiger partial charge is 0.292 e. The van der Waals surface area contributed by atoms with Gasteiger partial charge in [-0.15, -0.1) is 0 Å². The molecule has 0 aliphatic heterocycles. The molecule has 164 valence electrons. The lowest BCUT2D eigenvalue weighted by molar-refractivity contribution is -0.135. The summed E-state index contributed by atoms with van der Waals surface area (Å²) in [6.45, 7) is 0. The van der Waals surface area contributed by atoms with E-state index in [1.807, 2.05) is 0 Å². The van der Waals surface area contributed by atoms with E-state index in [9.17, 15) is 14.4 Å². The molecular formula is C24H19Cl2NO5. The average molecular weight is 472 g/mol. The van der Waals surface area contributed by atoms with Crippen LogP contribution in [0, 0.1) is 0 Å². The van der Waals surface area contributed by atoms with Gasteiger partial charge in [0, 0.05) is 11.3 Å². The van der Waals surface area contributed by atoms with Gasteiger partial charge in [-0.25, -0.2) is 0 Å². The molecule has 0 spiro atoms. The number of ketones is 2. The maximum Gasteiger partial charge on any atom is 0.292 e. The van der Waals surface area contributed by atoms with Crippen LogP contribution in [0.25, 0.3) is 0 Å². The second-order valence-corrected chi connectivity index (χ2v) is 7.56. The Morgan fingerprint density at radius 3 is 1.88 bits per heavy atom. The van der Waals surface area contributed by atoms with Gasteiger partial charge in [0.1, 0.15) is 17.4 Å². The zero-order chi connectivity index (χ0) is 23.3. The molecule has 6 nitrogen and oxygen atoms in total. The summed E-state index contributed by atoms with van der Waals surface area (Å²) in [4.78, 5) is 39.2. The van der Waals surface area contributed by atoms with Crippen LogP contribution in [0.15, 0.2) is 66.7 Å². The molecule has 8 heteroatoms. The highest BCUT2D eigenvalue weighted by molar-refractivity contribution is 6.47. The number of carbonyl (C=O) groups excluding carboxylic acids is 3. The van der Waals surface area contributed by atoms with Crippen LogP contribution in [0.4, 0.5) is 5.69 Å². The predicted molar refractivity (Wildman–Crippen MR) is 123 cm³/mol. The standard InChI is InChI=1S/C24H19Cl2NO5/c1-31-17-8-3-14(4-9-17)21(22(28)15-5-10-18(32-2)11-6-15)23(29)24(30)27-16-7-12-19(25)20(26)13-16/h3-13,21H,1-2H3,(H,27,30)/t21-/m0/s1. The molecule has 0 fully saturated rings. The summed E-state index contributed by atoms with van der Waals surface area (Å²) in [5.41, 5.74) is 0.909. The zero-order valence-corrected chi connectivity index (χ0v) is 18.7. The van der Waals surface area contributed by atoms with Gasteiger partial charge in [-0.2, -0.15) is 0 Å². The quantitative estimate of drug-likeness (QED) is 0.278. The number of ether oxygens (including phenoxy) is 2. The first-order valence-corrected chi connectivity index (χ1v) is 10.2. The van der Waals surface area contributed by atoms with Crippen molar-refractivity contribution in [2.24, 2.45) is 0 Å². The number of carbonyl (C=O) groups is 3. The molecular weight excluding hydrogens is 453 g/mol. The van der Waals surface area contributed by atoms with Crippen molar-refractivity contribution < 1.29 is 23.9 Å². The Balaban J connectivity index is 1.94. The molecule has 0 unspecified atom stereocenters. The number of nitrogens with one attached hydrogen (secondary N) is 1. The molecule has 0 aliphatic carbocycles. The number of rotatable bonds is 8. The van der Waals surface area contributed by atoms with E-state index in [0.717, 1.165) is 0 Å². The monoisotopic (exact) mass is 471 g/mol. The first-order chi connectivity index (χ1) is 15.3. The largest absolute Gasteiger partial charge is 0.497 e. The van der Waals surface area contributed by atoms with Crippen molar-refractivity contribution in [1.29, 1.82) is 0 Å². The lowest BCUT2D eigenvalue weighted by atomic mass is 9.86. The second-order valence-electron chi connectivity index (χ2n) is 6.75. The summed E-state index contributed by atoms with van der Waals surface area (Å²) in [5, 5.41) is 3.01. The third-order valence-corrected chi connectivity index (χ3v) is 5.49. The number of methoxy groups -OCH3 is 2. The van der Waals surface area contributed by atoms with E-state index < -0.39 is 23.4 Å². The van der Waals surface area contributed by atoms with Gasteiger partial charge in [0.2, 0.25) is 5.78 Å². The molecule has 1 N–H and O–H groups in total. The van der Waals surface area contributed by atoms with Gasteiger partial charge in [0.25, 0.3) is 5.91 Å². The molecule has 0 aliphatic rings. The van der Waals surface area contributed by atoms with Crippen molar-refractivity contribution in [2.75, 3.05) is 19.5 Å². The van der Waals surface area contributed by atoms with E-state index in [4.69, 9.17) is 32.7 Å². The van der Waals surface area contributed by atoms with Crippen molar-refractivity contribution in [3.8, 4) is 11.5 Å². The van der Waals surface area contributed by atoms with Crippen molar-refractivity contribution in [1.82, 2.24) is 0 Å². The van der Waals surface area contributed by atoms with E-state index in [2.05, 4.69) is 5.32 Å². The first kappa shape index (κ1) is 23.3. The third-order valence-electron chi connectivity index (χ3n) is 4.75. The highest BCUT2D eigenvalue weighted by Crippen LogP contribution is 2.28. The number of hydrogen-bond donors (Lipinski definition) is 1. The average Bonchev–Trinajstić information content (AvgIpc) is 2.82. The van der Waals surface area contributed by atoms with Crippen molar-refractivity contribution >= 4 is 46.4 Å². The molecule has 32 heavy (non-hydrogen) atoms. The van der Waals surface area contributed by atoms with Crippen LogP contribution in [0.2, 0.25) is 10.0 Å². The van der Waals surface area contributed by atoms with Crippen LogP contribution in [0.3, 0.4) is 0 Å². The van der Waals surface area contributed by atoms with E-state index in [0.29, 0.717) is 22.1 Å². The topological polar surface area (TPSA) is 81.7 Å². The first-order valence-electron chi connectivity index (χ1n) is 9.46. The highest BCUT2D eigenvalue weighted by Gasteiger charge is 2.34. The summed E-state index contributed by atoms with van der Waals surface area (Å²) < 4.78 is 10.3. The van der Waals surface area contributed by atoms with Crippen LogP contribution in [0.5, 0.6) is 11.5 Å². The lowest BCUT2D eigenvalue weighted by Crippen LogP contribution is -2.32. The lowest BCUT2D eigenvalue weighted by Gasteiger charge is -2.16. The highest BCUT2D eigenvalue weighted by atomic mass is 35.5. The normalized spacial score (nSPS) is 11.4. The third kappa shape index (κ3) is 5.28. The van der Waals surface area contributed by atoms with Gasteiger partial charge in [-0.05, 0) is 60.2 Å². The number of Topliss-reactive ketones (excluding diaryl/α,β-unsaturated/α-hetero) is 2. The number of hydrogen-bond acceptors (Lipinski definition) is 5. The van der Waals surface area contributed by atoms with Crippen LogP contribution >= 0.6 is 23.2 Å². The maximum absolute atomic E-state index is 13.3. The Morgan fingerprint density at radius 1 is 0.781 bits per heavy atom. The molecule has 1 amide bonds. The Hall–Kier alpha value is -3.35. The number of anilines is 1.